The highest BCUT2D eigenvalue weighted by atomic mass is 19.1. The molecule has 0 fully saturated rings. The summed E-state index contributed by atoms with van der Waals surface area (Å²) in [5.74, 6) is -2.63. The fourth-order valence-corrected chi connectivity index (χ4v) is 1.32. The van der Waals surface area contributed by atoms with Crippen LogP contribution in [0.4, 0.5) is 15.8 Å². The number of nitro benzene ring substituents is 1. The minimum Gasteiger partial charge on any atom is -0.466 e. The summed E-state index contributed by atoms with van der Waals surface area (Å²) in [6.45, 7) is 1.67. The van der Waals surface area contributed by atoms with Crippen molar-refractivity contribution in [2.75, 3.05) is 11.9 Å². The third-order valence-electron chi connectivity index (χ3n) is 2.06. The zero-order valence-corrected chi connectivity index (χ0v) is 10.0. The topological polar surface area (TPSA) is 98.5 Å². The Morgan fingerprint density at radius 1 is 1.47 bits per heavy atom. The summed E-state index contributed by atoms with van der Waals surface area (Å²) in [5, 5.41) is 12.7. The lowest BCUT2D eigenvalue weighted by molar-refractivity contribution is -0.384. The molecule has 102 valence electrons. The number of para-hydroxylation sites is 1. The van der Waals surface area contributed by atoms with Crippen molar-refractivity contribution in [3.8, 4) is 0 Å². The Hall–Kier alpha value is -2.51. The Morgan fingerprint density at radius 3 is 2.74 bits per heavy atom. The van der Waals surface area contributed by atoms with E-state index in [2.05, 4.69) is 4.74 Å². The molecular weight excluding hydrogens is 259 g/mol. The van der Waals surface area contributed by atoms with Crippen molar-refractivity contribution in [1.29, 1.82) is 0 Å². The molecule has 1 rings (SSSR count). The van der Waals surface area contributed by atoms with Crippen LogP contribution >= 0.6 is 0 Å². The molecule has 19 heavy (non-hydrogen) atoms. The van der Waals surface area contributed by atoms with Crippen LogP contribution in [0, 0.1) is 15.9 Å². The first-order valence-electron chi connectivity index (χ1n) is 5.34. The van der Waals surface area contributed by atoms with E-state index in [0.717, 1.165) is 18.2 Å². The van der Waals surface area contributed by atoms with Gasteiger partial charge in [-0.15, -0.1) is 0 Å². The van der Waals surface area contributed by atoms with Gasteiger partial charge in [0, 0.05) is 6.07 Å². The van der Waals surface area contributed by atoms with Gasteiger partial charge in [0.25, 0.3) is 5.69 Å². The van der Waals surface area contributed by atoms with Gasteiger partial charge < -0.3 is 10.1 Å². The van der Waals surface area contributed by atoms with Gasteiger partial charge in [-0.3, -0.25) is 19.7 Å². The summed E-state index contributed by atoms with van der Waals surface area (Å²) in [7, 11) is 0. The number of rotatable bonds is 5. The maximum absolute atomic E-state index is 13.4. The number of nitrogens with zero attached hydrogens (tertiary/aromatic N) is 1. The maximum Gasteiger partial charge on any atom is 0.315 e. The molecular formula is C11H11FN2O5. The summed E-state index contributed by atoms with van der Waals surface area (Å²) >= 11 is 0. The van der Waals surface area contributed by atoms with Crippen molar-refractivity contribution in [1.82, 2.24) is 0 Å². The second kappa shape index (κ2) is 6.43. The summed E-state index contributed by atoms with van der Waals surface area (Å²) in [6, 6.07) is 3.16. The van der Waals surface area contributed by atoms with Crippen LogP contribution in [-0.4, -0.2) is 23.4 Å². The molecule has 0 saturated heterocycles. The van der Waals surface area contributed by atoms with E-state index in [1.807, 2.05) is 5.32 Å². The first-order valence-corrected chi connectivity index (χ1v) is 5.34. The summed E-state index contributed by atoms with van der Waals surface area (Å²) < 4.78 is 18.0. The number of anilines is 1. The van der Waals surface area contributed by atoms with E-state index in [-0.39, 0.29) is 6.61 Å². The number of esters is 1. The van der Waals surface area contributed by atoms with E-state index in [4.69, 9.17) is 0 Å². The Labute approximate surface area is 107 Å². The molecule has 0 atom stereocenters. The standard InChI is InChI=1S/C11H11FN2O5/c1-2-19-10(16)6-9(15)13-11-7(12)4-3-5-8(11)14(17)18/h3-5H,2,6H2,1H3,(H,13,15). The van der Waals surface area contributed by atoms with Gasteiger partial charge in [-0.1, -0.05) is 6.07 Å². The molecule has 1 aromatic rings. The van der Waals surface area contributed by atoms with Crippen LogP contribution in [0.1, 0.15) is 13.3 Å². The SMILES string of the molecule is CCOC(=O)CC(=O)Nc1c(F)cccc1[N+](=O)[O-]. The average Bonchev–Trinajstić information content (AvgIpc) is 2.31. The molecule has 0 radical (unpaired) electrons. The van der Waals surface area contributed by atoms with Crippen LogP contribution in [-0.2, 0) is 14.3 Å². The largest absolute Gasteiger partial charge is 0.466 e. The summed E-state index contributed by atoms with van der Waals surface area (Å²) in [6.07, 6.45) is -0.640. The van der Waals surface area contributed by atoms with Crippen LogP contribution < -0.4 is 5.32 Å². The molecule has 0 aliphatic carbocycles. The van der Waals surface area contributed by atoms with Gasteiger partial charge in [0.2, 0.25) is 5.91 Å². The minimum atomic E-state index is -0.952. The third kappa shape index (κ3) is 4.02. The molecule has 7 nitrogen and oxygen atoms in total. The average molecular weight is 270 g/mol. The van der Waals surface area contributed by atoms with Gasteiger partial charge in [-0.2, -0.15) is 0 Å². The number of ether oxygens (including phenoxy) is 1. The highest BCUT2D eigenvalue weighted by Gasteiger charge is 2.21. The van der Waals surface area contributed by atoms with Gasteiger partial charge in [-0.05, 0) is 13.0 Å². The third-order valence-corrected chi connectivity index (χ3v) is 2.06. The molecule has 1 amide bonds. The molecule has 0 saturated carbocycles. The Bertz CT molecular complexity index is 518. The number of hydrogen-bond acceptors (Lipinski definition) is 5. The van der Waals surface area contributed by atoms with E-state index >= 15 is 0 Å². The van der Waals surface area contributed by atoms with Crippen molar-refractivity contribution in [3.63, 3.8) is 0 Å². The molecule has 0 aliphatic heterocycles. The maximum atomic E-state index is 13.4. The van der Waals surface area contributed by atoms with E-state index in [1.165, 1.54) is 0 Å². The van der Waals surface area contributed by atoms with Crippen molar-refractivity contribution in [2.24, 2.45) is 0 Å². The van der Waals surface area contributed by atoms with Crippen molar-refractivity contribution in [2.45, 2.75) is 13.3 Å². The van der Waals surface area contributed by atoms with Crippen LogP contribution in [0.15, 0.2) is 18.2 Å². The molecule has 0 spiro atoms. The zero-order valence-electron chi connectivity index (χ0n) is 10.0. The number of amides is 1. The predicted molar refractivity (Wildman–Crippen MR) is 62.9 cm³/mol. The van der Waals surface area contributed by atoms with Gasteiger partial charge in [0.15, 0.2) is 11.5 Å². The van der Waals surface area contributed by atoms with Crippen LogP contribution in [0.3, 0.4) is 0 Å². The molecule has 0 aromatic heterocycles. The molecule has 1 N–H and O–H groups in total. The van der Waals surface area contributed by atoms with Crippen LogP contribution in [0.2, 0.25) is 0 Å². The van der Waals surface area contributed by atoms with Gasteiger partial charge >= 0.3 is 5.97 Å². The van der Waals surface area contributed by atoms with Crippen molar-refractivity contribution in [3.05, 3.63) is 34.1 Å². The minimum absolute atomic E-state index is 0.103. The second-order valence-corrected chi connectivity index (χ2v) is 3.42. The fourth-order valence-electron chi connectivity index (χ4n) is 1.32. The molecule has 8 heteroatoms. The Morgan fingerprint density at radius 2 is 2.16 bits per heavy atom. The quantitative estimate of drug-likeness (QED) is 0.379. The van der Waals surface area contributed by atoms with E-state index < -0.39 is 40.4 Å². The zero-order chi connectivity index (χ0) is 14.4. The monoisotopic (exact) mass is 270 g/mol. The van der Waals surface area contributed by atoms with Gasteiger partial charge in [0.1, 0.15) is 6.42 Å². The number of halogens is 1. The lowest BCUT2D eigenvalue weighted by Gasteiger charge is -2.06. The van der Waals surface area contributed by atoms with E-state index in [0.29, 0.717) is 0 Å². The molecule has 1 aromatic carbocycles. The normalized spacial score (nSPS) is 9.79. The number of carbonyl (C=O) groups excluding carboxylic acids is 2. The number of carbonyl (C=O) groups is 2. The van der Waals surface area contributed by atoms with Crippen LogP contribution in [0.25, 0.3) is 0 Å². The lowest BCUT2D eigenvalue weighted by Crippen LogP contribution is -2.19. The van der Waals surface area contributed by atoms with E-state index in [9.17, 15) is 24.1 Å². The number of hydrogen-bond donors (Lipinski definition) is 1. The highest BCUT2D eigenvalue weighted by Crippen LogP contribution is 2.26. The highest BCUT2D eigenvalue weighted by molar-refractivity contribution is 6.03. The van der Waals surface area contributed by atoms with Crippen molar-refractivity contribution < 1.29 is 23.6 Å². The smallest absolute Gasteiger partial charge is 0.315 e. The predicted octanol–water partition coefficient (Wildman–Crippen LogP) is 1.63. The summed E-state index contributed by atoms with van der Waals surface area (Å²) in [4.78, 5) is 32.3. The number of nitrogens with one attached hydrogen (secondary N) is 1. The van der Waals surface area contributed by atoms with E-state index in [1.54, 1.807) is 6.92 Å². The van der Waals surface area contributed by atoms with Gasteiger partial charge in [0.05, 0.1) is 11.5 Å². The first-order chi connectivity index (χ1) is 8.95. The number of benzene rings is 1. The second-order valence-electron chi connectivity index (χ2n) is 3.42. The Kier molecular flexibility index (Phi) is 4.92. The Balaban J connectivity index is 2.84. The van der Waals surface area contributed by atoms with Crippen molar-refractivity contribution >= 4 is 23.3 Å². The lowest BCUT2D eigenvalue weighted by atomic mass is 10.2. The fraction of sp³-hybridized carbons (Fsp3) is 0.273. The number of nitro groups is 1. The molecule has 0 aliphatic rings. The molecule has 0 heterocycles. The van der Waals surface area contributed by atoms with Gasteiger partial charge in [-0.25, -0.2) is 4.39 Å². The molecule has 0 unspecified atom stereocenters. The van der Waals surface area contributed by atoms with Crippen LogP contribution in [0.5, 0.6) is 0 Å². The molecule has 0 bridgehead atoms. The first kappa shape index (κ1) is 14.6. The summed E-state index contributed by atoms with van der Waals surface area (Å²) in [5.41, 5.74) is -1.15.